The van der Waals surface area contributed by atoms with Crippen molar-refractivity contribution in [3.05, 3.63) is 64.2 Å². The fraction of sp³-hybridized carbons (Fsp3) is 0.158. The maximum atomic E-state index is 13.0. The molecular weight excluding hydrogens is 394 g/mol. The zero-order valence-electron chi connectivity index (χ0n) is 15.0. The number of hydrogen-bond donors (Lipinski definition) is 2. The number of carbonyl (C=O) groups excluding carboxylic acids is 1. The van der Waals surface area contributed by atoms with E-state index in [1.54, 1.807) is 12.3 Å². The van der Waals surface area contributed by atoms with Crippen molar-refractivity contribution in [1.29, 1.82) is 0 Å². The van der Waals surface area contributed by atoms with E-state index in [1.807, 2.05) is 47.9 Å². The number of hydrogen-bond acceptors (Lipinski definition) is 6. The molecule has 0 radical (unpaired) electrons. The van der Waals surface area contributed by atoms with Gasteiger partial charge in [0.05, 0.1) is 18.5 Å². The van der Waals surface area contributed by atoms with Crippen LogP contribution in [0.15, 0.2) is 53.1 Å². The molecule has 4 rings (SSSR count). The first kappa shape index (κ1) is 18.3. The van der Waals surface area contributed by atoms with Gasteiger partial charge < -0.3 is 14.3 Å². The molecule has 9 heteroatoms. The largest absolute Gasteiger partial charge is 0.462 e. The fourth-order valence-electron chi connectivity index (χ4n) is 2.82. The lowest BCUT2D eigenvalue weighted by Crippen LogP contribution is -2.24. The van der Waals surface area contributed by atoms with E-state index in [0.29, 0.717) is 38.5 Å². The van der Waals surface area contributed by atoms with E-state index in [4.69, 9.17) is 16.6 Å². The van der Waals surface area contributed by atoms with E-state index < -0.39 is 0 Å². The molecule has 2 N–H and O–H groups in total. The number of nitrogens with one attached hydrogen (secondary N) is 2. The van der Waals surface area contributed by atoms with E-state index in [0.717, 1.165) is 5.56 Å². The van der Waals surface area contributed by atoms with Gasteiger partial charge in [0.2, 0.25) is 0 Å². The fourth-order valence-corrected chi connectivity index (χ4v) is 4.07. The lowest BCUT2D eigenvalue weighted by atomic mass is 10.1. The van der Waals surface area contributed by atoms with Crippen LogP contribution in [0.2, 0.25) is 0 Å². The van der Waals surface area contributed by atoms with Crippen LogP contribution in [-0.2, 0) is 13.1 Å². The van der Waals surface area contributed by atoms with Crippen LogP contribution in [0.4, 0.5) is 0 Å². The van der Waals surface area contributed by atoms with E-state index in [-0.39, 0.29) is 12.5 Å². The van der Waals surface area contributed by atoms with Crippen LogP contribution in [0.1, 0.15) is 22.4 Å². The number of aromatic amines is 1. The quantitative estimate of drug-likeness (QED) is 0.463. The molecule has 0 fully saturated rings. The number of benzene rings is 1. The summed E-state index contributed by atoms with van der Waals surface area (Å²) in [7, 11) is 0. The second-order valence-electron chi connectivity index (χ2n) is 5.91. The predicted octanol–water partition coefficient (Wildman–Crippen LogP) is 4.27. The van der Waals surface area contributed by atoms with Gasteiger partial charge >= 0.3 is 0 Å². The summed E-state index contributed by atoms with van der Waals surface area (Å²) >= 11 is 6.49. The van der Waals surface area contributed by atoms with Crippen molar-refractivity contribution in [2.45, 2.75) is 20.0 Å². The maximum Gasteiger partial charge on any atom is 0.264 e. The number of thiazole rings is 1. The Labute approximate surface area is 170 Å². The van der Waals surface area contributed by atoms with Crippen molar-refractivity contribution in [2.24, 2.45) is 0 Å². The van der Waals surface area contributed by atoms with E-state index in [1.165, 1.54) is 11.3 Å². The third-order valence-electron chi connectivity index (χ3n) is 4.17. The molecule has 0 bridgehead atoms. The molecule has 4 aromatic rings. The average Bonchev–Trinajstić information content (AvgIpc) is 3.46. The summed E-state index contributed by atoms with van der Waals surface area (Å²) in [5.74, 6) is 1.09. The molecule has 7 nitrogen and oxygen atoms in total. The summed E-state index contributed by atoms with van der Waals surface area (Å²) in [6, 6.07) is 13.3. The number of aromatic nitrogens is 4. The molecule has 28 heavy (non-hydrogen) atoms. The van der Waals surface area contributed by atoms with Gasteiger partial charge in [0.25, 0.3) is 5.91 Å². The summed E-state index contributed by atoms with van der Waals surface area (Å²) in [6.07, 6.45) is 1.59. The standard InChI is InChI=1S/C19H17N5O2S2/c1-2-24-14(22-23-19(24)27)11-20-17(25)16-15(12-7-4-3-5-8-12)21-18(28-16)13-9-6-10-26-13/h3-10H,2,11H2,1H3,(H,20,25)(H,23,27). The van der Waals surface area contributed by atoms with Crippen LogP contribution in [0.5, 0.6) is 0 Å². The van der Waals surface area contributed by atoms with Crippen molar-refractivity contribution in [2.75, 3.05) is 0 Å². The number of amides is 1. The Hall–Kier alpha value is -3.04. The van der Waals surface area contributed by atoms with Gasteiger partial charge in [0.15, 0.2) is 21.4 Å². The third-order valence-corrected chi connectivity index (χ3v) is 5.55. The number of H-pyrrole nitrogens is 1. The Balaban J connectivity index is 1.65. The molecule has 142 valence electrons. The molecule has 0 aliphatic heterocycles. The SMILES string of the molecule is CCn1c(CNC(=O)c2sc(-c3ccco3)nc2-c2ccccc2)n[nH]c1=S. The lowest BCUT2D eigenvalue weighted by Gasteiger charge is -2.06. The van der Waals surface area contributed by atoms with Crippen molar-refractivity contribution in [1.82, 2.24) is 25.1 Å². The molecule has 3 aromatic heterocycles. The van der Waals surface area contributed by atoms with Crippen LogP contribution in [0.3, 0.4) is 0 Å². The van der Waals surface area contributed by atoms with Gasteiger partial charge in [0, 0.05) is 12.1 Å². The third kappa shape index (κ3) is 3.54. The zero-order valence-corrected chi connectivity index (χ0v) is 16.6. The van der Waals surface area contributed by atoms with Crippen molar-refractivity contribution in [3.8, 4) is 22.0 Å². The molecule has 0 atom stereocenters. The number of furan rings is 1. The van der Waals surface area contributed by atoms with Gasteiger partial charge in [0.1, 0.15) is 4.88 Å². The summed E-state index contributed by atoms with van der Waals surface area (Å²) in [6.45, 7) is 2.92. The van der Waals surface area contributed by atoms with E-state index >= 15 is 0 Å². The maximum absolute atomic E-state index is 13.0. The molecule has 0 unspecified atom stereocenters. The number of rotatable bonds is 6. The monoisotopic (exact) mass is 411 g/mol. The number of nitrogens with zero attached hydrogens (tertiary/aromatic N) is 3. The van der Waals surface area contributed by atoms with Gasteiger partial charge in [-0.25, -0.2) is 4.98 Å². The number of carbonyl (C=O) groups is 1. The second-order valence-corrected chi connectivity index (χ2v) is 7.30. The Morgan fingerprint density at radius 2 is 2.11 bits per heavy atom. The summed E-state index contributed by atoms with van der Waals surface area (Å²) < 4.78 is 7.83. The van der Waals surface area contributed by atoms with Crippen LogP contribution in [-0.4, -0.2) is 25.7 Å². The van der Waals surface area contributed by atoms with E-state index in [9.17, 15) is 4.79 Å². The van der Waals surface area contributed by atoms with Gasteiger partial charge in [-0.2, -0.15) is 5.10 Å². The Morgan fingerprint density at radius 1 is 1.29 bits per heavy atom. The topological polar surface area (TPSA) is 88.7 Å². The molecule has 0 saturated heterocycles. The normalized spacial score (nSPS) is 10.9. The highest BCUT2D eigenvalue weighted by Gasteiger charge is 2.21. The highest BCUT2D eigenvalue weighted by molar-refractivity contribution is 7.71. The van der Waals surface area contributed by atoms with Gasteiger partial charge in [-0.15, -0.1) is 11.3 Å². The van der Waals surface area contributed by atoms with Gasteiger partial charge in [-0.3, -0.25) is 9.89 Å². The second kappa shape index (κ2) is 7.91. The highest BCUT2D eigenvalue weighted by Crippen LogP contribution is 2.34. The predicted molar refractivity (Wildman–Crippen MR) is 110 cm³/mol. The molecule has 0 aliphatic rings. The molecule has 1 aromatic carbocycles. The first-order chi connectivity index (χ1) is 13.7. The molecule has 0 aliphatic carbocycles. The Bertz CT molecular complexity index is 1140. The lowest BCUT2D eigenvalue weighted by molar-refractivity contribution is 0.0954. The smallest absolute Gasteiger partial charge is 0.264 e. The zero-order chi connectivity index (χ0) is 19.5. The molecule has 1 amide bonds. The summed E-state index contributed by atoms with van der Waals surface area (Å²) in [5, 5.41) is 10.5. The Kier molecular flexibility index (Phi) is 5.18. The van der Waals surface area contributed by atoms with Gasteiger partial charge in [-0.1, -0.05) is 30.3 Å². The van der Waals surface area contributed by atoms with Crippen molar-refractivity contribution >= 4 is 29.5 Å². The molecule has 3 heterocycles. The van der Waals surface area contributed by atoms with Crippen LogP contribution < -0.4 is 5.32 Å². The summed E-state index contributed by atoms with van der Waals surface area (Å²) in [4.78, 5) is 18.1. The Morgan fingerprint density at radius 3 is 2.82 bits per heavy atom. The summed E-state index contributed by atoms with van der Waals surface area (Å²) in [5.41, 5.74) is 1.50. The van der Waals surface area contributed by atoms with Crippen LogP contribution >= 0.6 is 23.6 Å². The van der Waals surface area contributed by atoms with Crippen LogP contribution in [0.25, 0.3) is 22.0 Å². The van der Waals surface area contributed by atoms with Crippen molar-refractivity contribution in [3.63, 3.8) is 0 Å². The minimum absolute atomic E-state index is 0.217. The molecule has 0 spiro atoms. The average molecular weight is 412 g/mol. The van der Waals surface area contributed by atoms with Gasteiger partial charge in [-0.05, 0) is 31.3 Å². The highest BCUT2D eigenvalue weighted by atomic mass is 32.1. The molecule has 0 saturated carbocycles. The van der Waals surface area contributed by atoms with E-state index in [2.05, 4.69) is 20.5 Å². The first-order valence-electron chi connectivity index (χ1n) is 8.69. The minimum atomic E-state index is -0.217. The minimum Gasteiger partial charge on any atom is -0.462 e. The van der Waals surface area contributed by atoms with Crippen LogP contribution in [0, 0.1) is 4.77 Å². The van der Waals surface area contributed by atoms with Crippen molar-refractivity contribution < 1.29 is 9.21 Å². The first-order valence-corrected chi connectivity index (χ1v) is 9.92. The molecular formula is C19H17N5O2S2.